The summed E-state index contributed by atoms with van der Waals surface area (Å²) < 4.78 is 10.3. The van der Waals surface area contributed by atoms with Gasteiger partial charge in [-0.1, -0.05) is 37.3 Å². The summed E-state index contributed by atoms with van der Waals surface area (Å²) in [5.41, 5.74) is 0.473. The lowest BCUT2D eigenvalue weighted by molar-refractivity contribution is 0.0526. The first-order chi connectivity index (χ1) is 11.8. The molecule has 1 rings (SSSR count). The van der Waals surface area contributed by atoms with Gasteiger partial charge in [-0.05, 0) is 45.1 Å². The van der Waals surface area contributed by atoms with Crippen molar-refractivity contribution in [1.82, 2.24) is 10.6 Å². The van der Waals surface area contributed by atoms with Gasteiger partial charge in [-0.15, -0.1) is 0 Å². The van der Waals surface area contributed by atoms with Gasteiger partial charge in [0.05, 0.1) is 0 Å². The Labute approximate surface area is 150 Å². The predicted molar refractivity (Wildman–Crippen MR) is 97.3 cm³/mol. The minimum absolute atomic E-state index is 0.265. The van der Waals surface area contributed by atoms with Crippen LogP contribution in [0.1, 0.15) is 46.1 Å². The van der Waals surface area contributed by atoms with E-state index in [0.717, 1.165) is 18.4 Å². The van der Waals surface area contributed by atoms with Gasteiger partial charge >= 0.3 is 12.2 Å². The maximum Gasteiger partial charge on any atom is 0.407 e. The molecule has 2 amide bonds. The highest BCUT2D eigenvalue weighted by Crippen LogP contribution is 2.07. The first-order valence-electron chi connectivity index (χ1n) is 8.67. The van der Waals surface area contributed by atoms with Crippen molar-refractivity contribution in [3.05, 3.63) is 35.9 Å². The second-order valence-electron chi connectivity index (χ2n) is 7.12. The molecule has 0 fully saturated rings. The topological polar surface area (TPSA) is 76.7 Å². The summed E-state index contributed by atoms with van der Waals surface area (Å²) in [6, 6.07) is 9.55. The van der Waals surface area contributed by atoms with Gasteiger partial charge in [-0.25, -0.2) is 9.59 Å². The van der Waals surface area contributed by atoms with Crippen molar-refractivity contribution < 1.29 is 19.1 Å². The molecule has 0 aliphatic rings. The molecular formula is C19H30N2O4. The van der Waals surface area contributed by atoms with Crippen molar-refractivity contribution in [3.63, 3.8) is 0 Å². The molecule has 0 saturated carbocycles. The van der Waals surface area contributed by atoms with E-state index in [0.29, 0.717) is 19.0 Å². The second kappa shape index (κ2) is 10.6. The maximum absolute atomic E-state index is 11.7. The number of hydrogen-bond acceptors (Lipinski definition) is 4. The van der Waals surface area contributed by atoms with Crippen LogP contribution in [-0.4, -0.2) is 30.9 Å². The number of alkyl carbamates (subject to hydrolysis) is 2. The molecule has 1 aromatic rings. The van der Waals surface area contributed by atoms with Crippen LogP contribution < -0.4 is 10.6 Å². The van der Waals surface area contributed by atoms with Crippen LogP contribution in [0.2, 0.25) is 0 Å². The molecule has 140 valence electrons. The Morgan fingerprint density at radius 3 is 2.40 bits per heavy atom. The molecule has 0 heterocycles. The Bertz CT molecular complexity index is 526. The van der Waals surface area contributed by atoms with Crippen LogP contribution in [-0.2, 0) is 16.1 Å². The fraction of sp³-hybridized carbons (Fsp3) is 0.579. The van der Waals surface area contributed by atoms with Gasteiger partial charge in [0, 0.05) is 13.1 Å². The van der Waals surface area contributed by atoms with Gasteiger partial charge in [-0.2, -0.15) is 0 Å². The molecular weight excluding hydrogens is 320 g/mol. The standard InChI is InChI=1S/C19H30N2O4/c1-15(9-8-12-20-18(23)25-19(2,3)4)13-21-17(22)24-14-16-10-6-5-7-11-16/h5-7,10-11,15H,8-9,12-14H2,1-4H3,(H,20,23)(H,21,22)/t15-/m0/s1. The summed E-state index contributed by atoms with van der Waals surface area (Å²) >= 11 is 0. The van der Waals surface area contributed by atoms with Gasteiger partial charge in [0.1, 0.15) is 12.2 Å². The lowest BCUT2D eigenvalue weighted by Crippen LogP contribution is -2.33. The van der Waals surface area contributed by atoms with E-state index in [-0.39, 0.29) is 6.61 Å². The van der Waals surface area contributed by atoms with Crippen molar-refractivity contribution in [2.45, 2.75) is 52.7 Å². The van der Waals surface area contributed by atoms with Gasteiger partial charge in [0.25, 0.3) is 0 Å². The summed E-state index contributed by atoms with van der Waals surface area (Å²) in [5, 5.41) is 5.48. The normalized spacial score (nSPS) is 12.2. The molecule has 1 aromatic carbocycles. The zero-order valence-electron chi connectivity index (χ0n) is 15.6. The van der Waals surface area contributed by atoms with E-state index in [4.69, 9.17) is 9.47 Å². The zero-order valence-corrected chi connectivity index (χ0v) is 15.6. The van der Waals surface area contributed by atoms with Crippen molar-refractivity contribution in [2.75, 3.05) is 13.1 Å². The van der Waals surface area contributed by atoms with E-state index in [1.807, 2.05) is 58.0 Å². The van der Waals surface area contributed by atoms with E-state index in [9.17, 15) is 9.59 Å². The van der Waals surface area contributed by atoms with Gasteiger partial charge in [0.2, 0.25) is 0 Å². The molecule has 1 atom stereocenters. The Kier molecular flexibility index (Phi) is 8.81. The van der Waals surface area contributed by atoms with Crippen molar-refractivity contribution in [3.8, 4) is 0 Å². The van der Waals surface area contributed by atoms with Crippen LogP contribution in [0.25, 0.3) is 0 Å². The Hall–Kier alpha value is -2.24. The van der Waals surface area contributed by atoms with Crippen molar-refractivity contribution >= 4 is 12.2 Å². The minimum atomic E-state index is -0.485. The molecule has 0 aromatic heterocycles. The van der Waals surface area contributed by atoms with Crippen LogP contribution in [0.4, 0.5) is 9.59 Å². The summed E-state index contributed by atoms with van der Waals surface area (Å²) in [6.07, 6.45) is 0.890. The molecule has 0 unspecified atom stereocenters. The zero-order chi connectivity index (χ0) is 18.7. The van der Waals surface area contributed by atoms with E-state index < -0.39 is 17.8 Å². The highest BCUT2D eigenvalue weighted by molar-refractivity contribution is 5.67. The smallest absolute Gasteiger partial charge is 0.407 e. The van der Waals surface area contributed by atoms with Crippen LogP contribution in [0, 0.1) is 5.92 Å². The molecule has 0 aliphatic carbocycles. The first kappa shape index (κ1) is 20.8. The lowest BCUT2D eigenvalue weighted by Gasteiger charge is -2.20. The third-order valence-corrected chi connectivity index (χ3v) is 3.35. The fourth-order valence-corrected chi connectivity index (χ4v) is 2.09. The SMILES string of the molecule is C[C@@H](CCCNC(=O)OC(C)(C)C)CNC(=O)OCc1ccccc1. The van der Waals surface area contributed by atoms with Gasteiger partial charge in [0.15, 0.2) is 0 Å². The number of benzene rings is 1. The number of ether oxygens (including phenoxy) is 2. The largest absolute Gasteiger partial charge is 0.445 e. The Morgan fingerprint density at radius 2 is 1.76 bits per heavy atom. The molecule has 6 heteroatoms. The average molecular weight is 350 g/mol. The quantitative estimate of drug-likeness (QED) is 0.698. The average Bonchev–Trinajstić information content (AvgIpc) is 2.54. The summed E-state index contributed by atoms with van der Waals surface area (Å²) in [6.45, 7) is 8.90. The predicted octanol–water partition coefficient (Wildman–Crippen LogP) is 3.85. The van der Waals surface area contributed by atoms with Crippen molar-refractivity contribution in [2.24, 2.45) is 5.92 Å². The van der Waals surface area contributed by atoms with Gasteiger partial charge < -0.3 is 20.1 Å². The monoisotopic (exact) mass is 350 g/mol. The van der Waals surface area contributed by atoms with E-state index >= 15 is 0 Å². The van der Waals surface area contributed by atoms with E-state index in [1.165, 1.54) is 0 Å². The molecule has 25 heavy (non-hydrogen) atoms. The molecule has 0 bridgehead atoms. The highest BCUT2D eigenvalue weighted by atomic mass is 16.6. The third kappa shape index (κ3) is 11.0. The number of hydrogen-bond donors (Lipinski definition) is 2. The van der Waals surface area contributed by atoms with Crippen LogP contribution in [0.3, 0.4) is 0 Å². The first-order valence-corrected chi connectivity index (χ1v) is 8.67. The van der Waals surface area contributed by atoms with E-state index in [2.05, 4.69) is 10.6 Å². The van der Waals surface area contributed by atoms with Crippen LogP contribution >= 0.6 is 0 Å². The lowest BCUT2D eigenvalue weighted by atomic mass is 10.1. The molecule has 0 radical (unpaired) electrons. The van der Waals surface area contributed by atoms with Crippen LogP contribution in [0.15, 0.2) is 30.3 Å². The molecule has 6 nitrogen and oxygen atoms in total. The summed E-state index contributed by atoms with van der Waals surface area (Å²) in [4.78, 5) is 23.2. The Balaban J connectivity index is 2.07. The molecule has 0 aliphatic heterocycles. The summed E-state index contributed by atoms with van der Waals surface area (Å²) in [7, 11) is 0. The van der Waals surface area contributed by atoms with Gasteiger partial charge in [-0.3, -0.25) is 0 Å². The molecule has 0 saturated heterocycles. The molecule has 2 N–H and O–H groups in total. The molecule has 0 spiro atoms. The second-order valence-corrected chi connectivity index (χ2v) is 7.12. The summed E-state index contributed by atoms with van der Waals surface area (Å²) in [5.74, 6) is 0.296. The van der Waals surface area contributed by atoms with Crippen LogP contribution in [0.5, 0.6) is 0 Å². The third-order valence-electron chi connectivity index (χ3n) is 3.35. The number of rotatable bonds is 8. The number of nitrogens with one attached hydrogen (secondary N) is 2. The number of carbonyl (C=O) groups is 2. The van der Waals surface area contributed by atoms with Crippen molar-refractivity contribution in [1.29, 1.82) is 0 Å². The minimum Gasteiger partial charge on any atom is -0.445 e. The number of amides is 2. The van der Waals surface area contributed by atoms with E-state index in [1.54, 1.807) is 0 Å². The number of carbonyl (C=O) groups excluding carboxylic acids is 2. The maximum atomic E-state index is 11.7. The Morgan fingerprint density at radius 1 is 1.08 bits per heavy atom. The fourth-order valence-electron chi connectivity index (χ4n) is 2.09. The highest BCUT2D eigenvalue weighted by Gasteiger charge is 2.15.